The van der Waals surface area contributed by atoms with Gasteiger partial charge >= 0.3 is 0 Å². The second-order valence-electron chi connectivity index (χ2n) is 5.33. The molecule has 2 rings (SSSR count). The number of halogens is 1. The van der Waals surface area contributed by atoms with Gasteiger partial charge in [0.15, 0.2) is 0 Å². The molecule has 0 radical (unpaired) electrons. The number of hydrogen-bond donors (Lipinski definition) is 1. The predicted molar refractivity (Wildman–Crippen MR) is 81.1 cm³/mol. The predicted octanol–water partition coefficient (Wildman–Crippen LogP) is 2.78. The van der Waals surface area contributed by atoms with Gasteiger partial charge in [-0.2, -0.15) is 0 Å². The number of carbonyl (C=O) groups is 1. The normalized spacial score (nSPS) is 23.6. The molecule has 1 aliphatic rings. The van der Waals surface area contributed by atoms with Gasteiger partial charge in [-0.15, -0.1) is 0 Å². The summed E-state index contributed by atoms with van der Waals surface area (Å²) in [6.45, 7) is 6.65. The number of carbonyl (C=O) groups excluding carboxylic acids is 1. The molecular weight excluding hydrogens is 276 g/mol. The first-order chi connectivity index (χ1) is 9.52. The summed E-state index contributed by atoms with van der Waals surface area (Å²) in [6, 6.07) is 7.19. The Labute approximate surface area is 125 Å². The van der Waals surface area contributed by atoms with Crippen LogP contribution in [0.15, 0.2) is 24.3 Å². The van der Waals surface area contributed by atoms with Crippen LogP contribution in [0, 0.1) is 0 Å². The van der Waals surface area contributed by atoms with Gasteiger partial charge in [-0.25, -0.2) is 0 Å². The SMILES string of the molecule is C[C@@H]1CN(CCC(=O)Nc2cccc(Cl)c2)C[C@H](C)O1. The maximum Gasteiger partial charge on any atom is 0.225 e. The lowest BCUT2D eigenvalue weighted by Crippen LogP contribution is -2.46. The van der Waals surface area contributed by atoms with E-state index in [-0.39, 0.29) is 18.1 Å². The third-order valence-corrected chi connectivity index (χ3v) is 3.49. The minimum absolute atomic E-state index is 0.0130. The van der Waals surface area contributed by atoms with Gasteiger partial charge < -0.3 is 10.1 Å². The monoisotopic (exact) mass is 296 g/mol. The minimum Gasteiger partial charge on any atom is -0.373 e. The highest BCUT2D eigenvalue weighted by Crippen LogP contribution is 2.15. The molecule has 1 fully saturated rings. The van der Waals surface area contributed by atoms with Crippen LogP contribution < -0.4 is 5.32 Å². The van der Waals surface area contributed by atoms with Gasteiger partial charge in [-0.05, 0) is 32.0 Å². The molecular formula is C15H21ClN2O2. The van der Waals surface area contributed by atoms with Gasteiger partial charge in [-0.3, -0.25) is 9.69 Å². The molecule has 0 spiro atoms. The third-order valence-electron chi connectivity index (χ3n) is 3.26. The molecule has 2 atom stereocenters. The number of morpholine rings is 1. The van der Waals surface area contributed by atoms with E-state index in [1.807, 2.05) is 12.1 Å². The minimum atomic E-state index is 0.0130. The molecule has 1 heterocycles. The van der Waals surface area contributed by atoms with Crippen LogP contribution in [0.1, 0.15) is 20.3 Å². The van der Waals surface area contributed by atoms with Crippen LogP contribution in [0.2, 0.25) is 5.02 Å². The van der Waals surface area contributed by atoms with E-state index in [9.17, 15) is 4.79 Å². The van der Waals surface area contributed by atoms with Gasteiger partial charge in [0.05, 0.1) is 12.2 Å². The van der Waals surface area contributed by atoms with Crippen molar-refractivity contribution in [1.82, 2.24) is 4.90 Å². The Morgan fingerprint density at radius 3 is 2.75 bits per heavy atom. The van der Waals surface area contributed by atoms with Crippen LogP contribution >= 0.6 is 11.6 Å². The number of nitrogens with one attached hydrogen (secondary N) is 1. The quantitative estimate of drug-likeness (QED) is 0.929. The number of rotatable bonds is 4. The number of benzene rings is 1. The molecule has 1 aromatic carbocycles. The molecule has 1 saturated heterocycles. The Balaban J connectivity index is 1.77. The summed E-state index contributed by atoms with van der Waals surface area (Å²) in [5, 5.41) is 3.49. The smallest absolute Gasteiger partial charge is 0.225 e. The van der Waals surface area contributed by atoms with Gasteiger partial charge in [0.25, 0.3) is 0 Å². The summed E-state index contributed by atoms with van der Waals surface area (Å²) in [7, 11) is 0. The zero-order valence-electron chi connectivity index (χ0n) is 11.9. The molecule has 0 aliphatic carbocycles. The first-order valence-corrected chi connectivity index (χ1v) is 7.34. The van der Waals surface area contributed by atoms with Crippen molar-refractivity contribution in [3.63, 3.8) is 0 Å². The Hall–Kier alpha value is -1.10. The van der Waals surface area contributed by atoms with Crippen LogP contribution in [-0.4, -0.2) is 42.6 Å². The highest BCUT2D eigenvalue weighted by Gasteiger charge is 2.22. The van der Waals surface area contributed by atoms with Gasteiger partial charge in [0, 0.05) is 36.8 Å². The van der Waals surface area contributed by atoms with E-state index in [4.69, 9.17) is 16.3 Å². The summed E-state index contributed by atoms with van der Waals surface area (Å²) >= 11 is 5.89. The van der Waals surface area contributed by atoms with E-state index in [0.717, 1.165) is 25.3 Å². The van der Waals surface area contributed by atoms with Crippen molar-refractivity contribution in [3.8, 4) is 0 Å². The highest BCUT2D eigenvalue weighted by atomic mass is 35.5. The summed E-state index contributed by atoms with van der Waals surface area (Å²) in [5.41, 5.74) is 0.742. The fourth-order valence-corrected chi connectivity index (χ4v) is 2.71. The Morgan fingerprint density at radius 1 is 1.40 bits per heavy atom. The zero-order valence-corrected chi connectivity index (χ0v) is 12.7. The van der Waals surface area contributed by atoms with Crippen LogP contribution in [-0.2, 0) is 9.53 Å². The summed E-state index contributed by atoms with van der Waals surface area (Å²) in [6.07, 6.45) is 0.941. The first kappa shape index (κ1) is 15.3. The number of nitrogens with zero attached hydrogens (tertiary/aromatic N) is 1. The topological polar surface area (TPSA) is 41.6 Å². The van der Waals surface area contributed by atoms with Crippen LogP contribution in [0.4, 0.5) is 5.69 Å². The molecule has 5 heteroatoms. The van der Waals surface area contributed by atoms with Gasteiger partial charge in [0.1, 0.15) is 0 Å². The van der Waals surface area contributed by atoms with Crippen molar-refractivity contribution in [2.75, 3.05) is 25.0 Å². The first-order valence-electron chi connectivity index (χ1n) is 6.96. The molecule has 4 nitrogen and oxygen atoms in total. The molecule has 0 bridgehead atoms. The fraction of sp³-hybridized carbons (Fsp3) is 0.533. The lowest BCUT2D eigenvalue weighted by atomic mass is 10.2. The molecule has 110 valence electrons. The van der Waals surface area contributed by atoms with E-state index in [1.165, 1.54) is 0 Å². The molecule has 20 heavy (non-hydrogen) atoms. The van der Waals surface area contributed by atoms with Crippen molar-refractivity contribution < 1.29 is 9.53 Å². The Morgan fingerprint density at radius 2 is 2.10 bits per heavy atom. The molecule has 1 amide bonds. The molecule has 0 unspecified atom stereocenters. The van der Waals surface area contributed by atoms with Crippen molar-refractivity contribution >= 4 is 23.2 Å². The van der Waals surface area contributed by atoms with E-state index in [2.05, 4.69) is 24.1 Å². The Kier molecular flexibility index (Phi) is 5.40. The number of anilines is 1. The number of amides is 1. The molecule has 0 aromatic heterocycles. The summed E-state index contributed by atoms with van der Waals surface area (Å²) in [5.74, 6) is 0.0130. The molecule has 1 aromatic rings. The average Bonchev–Trinajstić information content (AvgIpc) is 2.35. The van der Waals surface area contributed by atoms with E-state index in [1.54, 1.807) is 12.1 Å². The van der Waals surface area contributed by atoms with Crippen molar-refractivity contribution in [2.45, 2.75) is 32.5 Å². The van der Waals surface area contributed by atoms with Gasteiger partial charge in [-0.1, -0.05) is 17.7 Å². The number of hydrogen-bond acceptors (Lipinski definition) is 3. The maximum atomic E-state index is 11.9. The van der Waals surface area contributed by atoms with E-state index < -0.39 is 0 Å². The molecule has 1 aliphatic heterocycles. The summed E-state index contributed by atoms with van der Waals surface area (Å²) < 4.78 is 5.68. The Bertz CT molecular complexity index is 457. The van der Waals surface area contributed by atoms with Crippen molar-refractivity contribution in [2.24, 2.45) is 0 Å². The zero-order chi connectivity index (χ0) is 14.5. The largest absolute Gasteiger partial charge is 0.373 e. The van der Waals surface area contributed by atoms with E-state index in [0.29, 0.717) is 11.4 Å². The highest BCUT2D eigenvalue weighted by molar-refractivity contribution is 6.30. The van der Waals surface area contributed by atoms with E-state index >= 15 is 0 Å². The van der Waals surface area contributed by atoms with Crippen LogP contribution in [0.25, 0.3) is 0 Å². The van der Waals surface area contributed by atoms with Crippen LogP contribution in [0.5, 0.6) is 0 Å². The van der Waals surface area contributed by atoms with Crippen molar-refractivity contribution in [1.29, 1.82) is 0 Å². The second-order valence-corrected chi connectivity index (χ2v) is 5.76. The third kappa shape index (κ3) is 4.78. The molecule has 0 saturated carbocycles. The molecule has 1 N–H and O–H groups in total. The second kappa shape index (κ2) is 7.07. The fourth-order valence-electron chi connectivity index (χ4n) is 2.52. The maximum absolute atomic E-state index is 11.9. The van der Waals surface area contributed by atoms with Crippen molar-refractivity contribution in [3.05, 3.63) is 29.3 Å². The van der Waals surface area contributed by atoms with Gasteiger partial charge in [0.2, 0.25) is 5.91 Å². The average molecular weight is 297 g/mol. The van der Waals surface area contributed by atoms with Crippen LogP contribution in [0.3, 0.4) is 0 Å². The standard InChI is InChI=1S/C15H21ClN2O2/c1-11-9-18(10-12(2)20-11)7-6-15(19)17-14-5-3-4-13(16)8-14/h3-5,8,11-12H,6-7,9-10H2,1-2H3,(H,17,19)/t11-,12+. The lowest BCUT2D eigenvalue weighted by Gasteiger charge is -2.35. The number of ether oxygens (including phenoxy) is 1. The lowest BCUT2D eigenvalue weighted by molar-refractivity contribution is -0.117. The summed E-state index contributed by atoms with van der Waals surface area (Å²) in [4.78, 5) is 14.2.